The number of amides is 2. The van der Waals surface area contributed by atoms with Crippen LogP contribution in [0.2, 0.25) is 5.02 Å². The van der Waals surface area contributed by atoms with Gasteiger partial charge in [-0.3, -0.25) is 4.68 Å². The molecular weight excluding hydrogens is 457 g/mol. The number of benzene rings is 1. The zero-order chi connectivity index (χ0) is 23.4. The number of halogens is 4. The van der Waals surface area contributed by atoms with Gasteiger partial charge in [0.05, 0.1) is 17.1 Å². The van der Waals surface area contributed by atoms with E-state index in [0.717, 1.165) is 23.4 Å². The molecule has 174 valence electrons. The van der Waals surface area contributed by atoms with Gasteiger partial charge in [-0.15, -0.1) is 0 Å². The van der Waals surface area contributed by atoms with E-state index >= 15 is 0 Å². The molecule has 0 bridgehead atoms. The molecule has 3 aromatic rings. The van der Waals surface area contributed by atoms with Gasteiger partial charge in [0.1, 0.15) is 5.82 Å². The van der Waals surface area contributed by atoms with Gasteiger partial charge in [0.15, 0.2) is 0 Å². The Balaban J connectivity index is 1.29. The number of nitrogens with one attached hydrogen (secondary N) is 1. The van der Waals surface area contributed by atoms with Crippen molar-refractivity contribution >= 4 is 23.4 Å². The van der Waals surface area contributed by atoms with Gasteiger partial charge in [-0.1, -0.05) is 35.9 Å². The van der Waals surface area contributed by atoms with Crippen molar-refractivity contribution in [3.05, 3.63) is 76.7 Å². The van der Waals surface area contributed by atoms with Crippen LogP contribution in [-0.2, 0) is 19.3 Å². The molecule has 33 heavy (non-hydrogen) atoms. The third-order valence-corrected chi connectivity index (χ3v) is 5.63. The highest BCUT2D eigenvalue weighted by Crippen LogP contribution is 2.33. The van der Waals surface area contributed by atoms with Gasteiger partial charge in [0, 0.05) is 51.3 Å². The summed E-state index contributed by atoms with van der Waals surface area (Å²) in [6, 6.07) is 10.5. The molecule has 11 heteroatoms. The summed E-state index contributed by atoms with van der Waals surface area (Å²) >= 11 is 6.04. The summed E-state index contributed by atoms with van der Waals surface area (Å²) in [5.74, 6) is 0.290. The Morgan fingerprint density at radius 3 is 2.52 bits per heavy atom. The van der Waals surface area contributed by atoms with Crippen LogP contribution in [0.3, 0.4) is 0 Å². The van der Waals surface area contributed by atoms with Gasteiger partial charge >= 0.3 is 12.2 Å². The van der Waals surface area contributed by atoms with Crippen molar-refractivity contribution in [2.75, 3.05) is 31.1 Å². The van der Waals surface area contributed by atoms with Crippen LogP contribution in [0.5, 0.6) is 0 Å². The summed E-state index contributed by atoms with van der Waals surface area (Å²) in [5.41, 5.74) is 1.18. The molecule has 1 N–H and O–H groups in total. The number of piperazine rings is 1. The average Bonchev–Trinajstić information content (AvgIpc) is 3.30. The van der Waals surface area contributed by atoms with Crippen LogP contribution >= 0.6 is 11.6 Å². The second-order valence-corrected chi connectivity index (χ2v) is 8.09. The minimum atomic E-state index is -4.50. The highest BCUT2D eigenvalue weighted by atomic mass is 35.5. The second-order valence-electron chi connectivity index (χ2n) is 7.68. The normalized spacial score (nSPS) is 14.4. The smallest absolute Gasteiger partial charge is 0.352 e. The van der Waals surface area contributed by atoms with E-state index in [4.69, 9.17) is 11.6 Å². The Kier molecular flexibility index (Phi) is 6.73. The minimum absolute atomic E-state index is 0.0577. The Bertz CT molecular complexity index is 1100. The van der Waals surface area contributed by atoms with Gasteiger partial charge in [0.25, 0.3) is 0 Å². The number of hydrogen-bond acceptors (Lipinski definition) is 4. The first-order chi connectivity index (χ1) is 15.8. The average molecular weight is 479 g/mol. The van der Waals surface area contributed by atoms with Crippen LogP contribution in [0, 0.1) is 0 Å². The maximum Gasteiger partial charge on any atom is 0.417 e. The minimum Gasteiger partial charge on any atom is -0.352 e. The third-order valence-electron chi connectivity index (χ3n) is 5.35. The first kappa shape index (κ1) is 22.9. The van der Waals surface area contributed by atoms with Crippen molar-refractivity contribution < 1.29 is 18.0 Å². The molecule has 4 rings (SSSR count). The molecule has 3 heterocycles. The largest absolute Gasteiger partial charge is 0.417 e. The number of aromatic nitrogens is 3. The first-order valence-corrected chi connectivity index (χ1v) is 10.7. The van der Waals surface area contributed by atoms with Gasteiger partial charge in [-0.2, -0.15) is 18.3 Å². The molecule has 2 amide bonds. The van der Waals surface area contributed by atoms with Crippen molar-refractivity contribution in [1.29, 1.82) is 0 Å². The molecule has 0 spiro atoms. The van der Waals surface area contributed by atoms with Gasteiger partial charge in [-0.05, 0) is 23.3 Å². The summed E-state index contributed by atoms with van der Waals surface area (Å²) in [6.45, 7) is 2.69. The molecule has 7 nitrogen and oxygen atoms in total. The van der Waals surface area contributed by atoms with Gasteiger partial charge < -0.3 is 15.1 Å². The van der Waals surface area contributed by atoms with E-state index in [1.165, 1.54) is 0 Å². The molecule has 1 aliphatic heterocycles. The van der Waals surface area contributed by atoms with E-state index in [2.05, 4.69) is 15.4 Å². The van der Waals surface area contributed by atoms with Crippen LogP contribution in [0.15, 0.2) is 55.0 Å². The molecule has 0 unspecified atom stereocenters. The Morgan fingerprint density at radius 2 is 1.85 bits per heavy atom. The molecule has 1 fully saturated rings. The molecular formula is C22H22ClF3N6O. The molecule has 0 aliphatic carbocycles. The Labute approximate surface area is 193 Å². The zero-order valence-electron chi connectivity index (χ0n) is 17.6. The molecule has 2 aromatic heterocycles. The van der Waals surface area contributed by atoms with E-state index in [-0.39, 0.29) is 11.1 Å². The number of rotatable bonds is 5. The first-order valence-electron chi connectivity index (χ1n) is 10.4. The molecule has 1 aromatic carbocycles. The summed E-state index contributed by atoms with van der Waals surface area (Å²) in [7, 11) is 0. The third kappa shape index (κ3) is 5.75. The zero-order valence-corrected chi connectivity index (χ0v) is 18.4. The van der Waals surface area contributed by atoms with Gasteiger partial charge in [-0.25, -0.2) is 9.78 Å². The van der Waals surface area contributed by atoms with E-state index in [1.54, 1.807) is 16.0 Å². The van der Waals surface area contributed by atoms with Crippen LogP contribution in [0.4, 0.5) is 23.8 Å². The fraction of sp³-hybridized carbons (Fsp3) is 0.318. The Hall–Kier alpha value is -3.27. The number of alkyl halides is 3. The number of anilines is 1. The van der Waals surface area contributed by atoms with Crippen molar-refractivity contribution in [2.24, 2.45) is 0 Å². The highest BCUT2D eigenvalue weighted by Gasteiger charge is 2.32. The highest BCUT2D eigenvalue weighted by molar-refractivity contribution is 6.33. The molecule has 1 saturated heterocycles. The van der Waals surface area contributed by atoms with Crippen molar-refractivity contribution in [2.45, 2.75) is 19.3 Å². The summed E-state index contributed by atoms with van der Waals surface area (Å²) < 4.78 is 40.3. The standard InChI is InChI=1S/C22H22ClF3N6O/c23-19-12-18(22(24,25)26)14-27-20(19)30-7-9-31(10-8-30)21(33)28-13-16-3-1-4-17(11-16)15-32-6-2-5-29-32/h1-6,11-12,14H,7-10,13,15H2,(H,28,33). The van der Waals surface area contributed by atoms with E-state index in [1.807, 2.05) is 41.2 Å². The van der Waals surface area contributed by atoms with E-state index in [9.17, 15) is 18.0 Å². The molecule has 1 aliphatic rings. The number of carbonyl (C=O) groups excluding carboxylic acids is 1. The maximum absolute atomic E-state index is 12.8. The fourth-order valence-corrected chi connectivity index (χ4v) is 3.93. The predicted octanol–water partition coefficient (Wildman–Crippen LogP) is 4.03. The van der Waals surface area contributed by atoms with Crippen LogP contribution in [-0.4, -0.2) is 51.9 Å². The number of pyridine rings is 1. The second kappa shape index (κ2) is 9.70. The van der Waals surface area contributed by atoms with Crippen molar-refractivity contribution in [1.82, 2.24) is 25.0 Å². The topological polar surface area (TPSA) is 66.3 Å². The van der Waals surface area contributed by atoms with Crippen molar-refractivity contribution in [3.63, 3.8) is 0 Å². The number of nitrogens with zero attached hydrogens (tertiary/aromatic N) is 5. The number of urea groups is 1. The van der Waals surface area contributed by atoms with Crippen molar-refractivity contribution in [3.8, 4) is 0 Å². The summed E-state index contributed by atoms with van der Waals surface area (Å²) in [6.07, 6.45) is -0.0989. The fourth-order valence-electron chi connectivity index (χ4n) is 3.65. The lowest BCUT2D eigenvalue weighted by molar-refractivity contribution is -0.137. The quantitative estimate of drug-likeness (QED) is 0.601. The predicted molar refractivity (Wildman–Crippen MR) is 118 cm³/mol. The molecule has 0 atom stereocenters. The molecule has 0 radical (unpaired) electrons. The van der Waals surface area contributed by atoms with E-state index < -0.39 is 11.7 Å². The van der Waals surface area contributed by atoms with Gasteiger partial charge in [0.2, 0.25) is 0 Å². The summed E-state index contributed by atoms with van der Waals surface area (Å²) in [4.78, 5) is 19.9. The Morgan fingerprint density at radius 1 is 1.09 bits per heavy atom. The summed E-state index contributed by atoms with van der Waals surface area (Å²) in [5, 5.41) is 7.07. The van der Waals surface area contributed by atoms with E-state index in [0.29, 0.717) is 45.1 Å². The lowest BCUT2D eigenvalue weighted by Gasteiger charge is -2.35. The maximum atomic E-state index is 12.8. The molecule has 0 saturated carbocycles. The number of hydrogen-bond donors (Lipinski definition) is 1. The van der Waals surface area contributed by atoms with Crippen LogP contribution < -0.4 is 10.2 Å². The monoisotopic (exact) mass is 478 g/mol. The SMILES string of the molecule is O=C(NCc1cccc(Cn2cccn2)c1)N1CCN(c2ncc(C(F)(F)F)cc2Cl)CC1. The van der Waals surface area contributed by atoms with Crippen LogP contribution in [0.1, 0.15) is 16.7 Å². The lowest BCUT2D eigenvalue weighted by atomic mass is 10.1. The number of carbonyl (C=O) groups is 1. The van der Waals surface area contributed by atoms with Crippen LogP contribution in [0.25, 0.3) is 0 Å². The lowest BCUT2D eigenvalue weighted by Crippen LogP contribution is -2.52.